The number of hydrogen-bond donors (Lipinski definition) is 0. The van der Waals surface area contributed by atoms with E-state index in [1.54, 1.807) is 0 Å². The first-order valence-corrected chi connectivity index (χ1v) is 32.9. The summed E-state index contributed by atoms with van der Waals surface area (Å²) in [6.45, 7) is 6.56. The lowest BCUT2D eigenvalue weighted by molar-refractivity contribution is -0.167. The molecule has 1 unspecified atom stereocenters. The molecule has 0 fully saturated rings. The van der Waals surface area contributed by atoms with Crippen LogP contribution in [0.1, 0.15) is 335 Å². The van der Waals surface area contributed by atoms with E-state index < -0.39 is 6.10 Å². The van der Waals surface area contributed by atoms with Crippen molar-refractivity contribution in [3.63, 3.8) is 0 Å². The highest BCUT2D eigenvalue weighted by atomic mass is 16.6. The van der Waals surface area contributed by atoms with Gasteiger partial charge in [-0.15, -0.1) is 0 Å². The van der Waals surface area contributed by atoms with Crippen LogP contribution in [0.25, 0.3) is 0 Å². The number of allylic oxidation sites excluding steroid dienone is 12. The van der Waals surface area contributed by atoms with Crippen molar-refractivity contribution in [2.45, 2.75) is 341 Å². The zero-order chi connectivity index (χ0) is 55.0. The predicted octanol–water partition coefficient (Wildman–Crippen LogP) is 22.5. The Balaban J connectivity index is 4.36. The van der Waals surface area contributed by atoms with Crippen LogP contribution in [0.5, 0.6) is 0 Å². The standard InChI is InChI=1S/C70H124O6/c1-4-7-10-13-16-19-22-25-28-31-33-34-35-36-37-40-42-45-48-51-54-57-60-63-69(72)75-66-67(65-74-68(71)62-59-56-53-50-47-44-41-38-30-27-24-21-18-15-12-9-6-3)76-70(73)64-61-58-55-52-49-46-43-39-32-29-26-23-20-17-14-11-8-5-2/h7,10,16,19,25,27-30,32-34,67H,4-6,8-9,11-15,17-18,20-24,26,31,35-66H2,1-3H3/b10-7-,19-16-,28-25-,30-27-,32-29-,34-33-. The number of carbonyl (C=O) groups excluding carboxylic acids is 3. The van der Waals surface area contributed by atoms with E-state index in [9.17, 15) is 14.4 Å². The van der Waals surface area contributed by atoms with E-state index in [4.69, 9.17) is 14.2 Å². The third-order valence-electron chi connectivity index (χ3n) is 14.4. The van der Waals surface area contributed by atoms with E-state index in [0.29, 0.717) is 19.3 Å². The molecule has 1 atom stereocenters. The van der Waals surface area contributed by atoms with Gasteiger partial charge in [-0.2, -0.15) is 0 Å². The number of carbonyl (C=O) groups is 3. The summed E-state index contributed by atoms with van der Waals surface area (Å²) in [5.41, 5.74) is 0. The molecule has 0 aromatic rings. The number of unbranched alkanes of at least 4 members (excludes halogenated alkanes) is 37. The van der Waals surface area contributed by atoms with Crippen molar-refractivity contribution in [3.05, 3.63) is 72.9 Å². The van der Waals surface area contributed by atoms with Crippen LogP contribution >= 0.6 is 0 Å². The van der Waals surface area contributed by atoms with Gasteiger partial charge >= 0.3 is 17.9 Å². The van der Waals surface area contributed by atoms with E-state index >= 15 is 0 Å². The average Bonchev–Trinajstić information content (AvgIpc) is 3.42. The summed E-state index contributed by atoms with van der Waals surface area (Å²) < 4.78 is 17.0. The van der Waals surface area contributed by atoms with Gasteiger partial charge in [-0.1, -0.05) is 280 Å². The van der Waals surface area contributed by atoms with Gasteiger partial charge in [-0.05, 0) is 109 Å². The van der Waals surface area contributed by atoms with Crippen LogP contribution in [0, 0.1) is 0 Å². The predicted molar refractivity (Wildman–Crippen MR) is 330 cm³/mol. The molecule has 0 heterocycles. The van der Waals surface area contributed by atoms with Crippen molar-refractivity contribution in [3.8, 4) is 0 Å². The normalized spacial score (nSPS) is 12.5. The minimum absolute atomic E-state index is 0.0785. The molecular weight excluding hydrogens is 937 g/mol. The Morgan fingerprint density at radius 1 is 0.276 bits per heavy atom. The zero-order valence-corrected chi connectivity index (χ0v) is 50.5. The molecule has 0 rings (SSSR count). The molecule has 0 radical (unpaired) electrons. The van der Waals surface area contributed by atoms with Crippen molar-refractivity contribution in [1.82, 2.24) is 0 Å². The van der Waals surface area contributed by atoms with Crippen LogP contribution in [-0.4, -0.2) is 37.2 Å². The summed E-state index contributed by atoms with van der Waals surface area (Å²) in [6, 6.07) is 0. The second-order valence-corrected chi connectivity index (χ2v) is 22.0. The molecule has 0 amide bonds. The maximum atomic E-state index is 12.9. The first-order valence-electron chi connectivity index (χ1n) is 32.9. The van der Waals surface area contributed by atoms with Crippen molar-refractivity contribution in [2.75, 3.05) is 13.2 Å². The molecule has 0 aliphatic heterocycles. The number of hydrogen-bond acceptors (Lipinski definition) is 6. The molecule has 0 saturated heterocycles. The van der Waals surface area contributed by atoms with Crippen LogP contribution in [0.2, 0.25) is 0 Å². The van der Waals surface area contributed by atoms with Crippen LogP contribution in [0.4, 0.5) is 0 Å². The molecule has 0 saturated carbocycles. The van der Waals surface area contributed by atoms with Crippen LogP contribution in [-0.2, 0) is 28.6 Å². The summed E-state index contributed by atoms with van der Waals surface area (Å²) in [7, 11) is 0. The molecule has 0 aromatic carbocycles. The minimum atomic E-state index is -0.782. The van der Waals surface area contributed by atoms with Gasteiger partial charge in [0.15, 0.2) is 6.10 Å². The molecule has 0 aliphatic carbocycles. The van der Waals surface area contributed by atoms with Crippen LogP contribution in [0.15, 0.2) is 72.9 Å². The van der Waals surface area contributed by atoms with Crippen molar-refractivity contribution >= 4 is 17.9 Å². The molecule has 0 aromatic heterocycles. The lowest BCUT2D eigenvalue weighted by Crippen LogP contribution is -2.30. The Bertz CT molecular complexity index is 1400. The Hall–Kier alpha value is -3.15. The summed E-state index contributed by atoms with van der Waals surface area (Å²) in [5, 5.41) is 0. The van der Waals surface area contributed by atoms with E-state index in [1.165, 1.54) is 212 Å². The van der Waals surface area contributed by atoms with Crippen molar-refractivity contribution < 1.29 is 28.6 Å². The SMILES string of the molecule is CC/C=C\C/C=C\C/C=C\C/C=C\CCCCCCCCCCCCC(=O)OCC(COC(=O)CCCCCCCCC/C=C\CCCCCCCC)OC(=O)CCCCCCCCC/C=C\CCCCCCCCC. The molecule has 0 N–H and O–H groups in total. The fourth-order valence-corrected chi connectivity index (χ4v) is 9.48. The third-order valence-corrected chi connectivity index (χ3v) is 14.4. The summed E-state index contributed by atoms with van der Waals surface area (Å²) >= 11 is 0. The van der Waals surface area contributed by atoms with E-state index in [0.717, 1.165) is 83.5 Å². The average molecular weight is 1060 g/mol. The zero-order valence-electron chi connectivity index (χ0n) is 50.5. The third kappa shape index (κ3) is 61.7. The first kappa shape index (κ1) is 72.8. The first-order chi connectivity index (χ1) is 37.5. The Kier molecular flexibility index (Phi) is 61.7. The molecule has 76 heavy (non-hydrogen) atoms. The Morgan fingerprint density at radius 3 is 0.816 bits per heavy atom. The summed E-state index contributed by atoms with van der Waals surface area (Å²) in [6.07, 6.45) is 83.3. The van der Waals surface area contributed by atoms with Gasteiger partial charge in [0.1, 0.15) is 13.2 Å². The van der Waals surface area contributed by atoms with Gasteiger partial charge in [0.25, 0.3) is 0 Å². The summed E-state index contributed by atoms with van der Waals surface area (Å²) in [5.74, 6) is -0.874. The van der Waals surface area contributed by atoms with Crippen LogP contribution in [0.3, 0.4) is 0 Å². The highest BCUT2D eigenvalue weighted by Gasteiger charge is 2.19. The second kappa shape index (κ2) is 64.4. The topological polar surface area (TPSA) is 78.9 Å². The van der Waals surface area contributed by atoms with Crippen LogP contribution < -0.4 is 0 Å². The van der Waals surface area contributed by atoms with Gasteiger partial charge in [-0.25, -0.2) is 0 Å². The second-order valence-electron chi connectivity index (χ2n) is 22.0. The van der Waals surface area contributed by atoms with Crippen molar-refractivity contribution in [1.29, 1.82) is 0 Å². The van der Waals surface area contributed by atoms with Gasteiger partial charge in [-0.3, -0.25) is 14.4 Å². The molecule has 0 aliphatic rings. The molecule has 440 valence electrons. The van der Waals surface area contributed by atoms with E-state index in [-0.39, 0.29) is 31.1 Å². The Labute approximate surface area is 472 Å². The van der Waals surface area contributed by atoms with Gasteiger partial charge < -0.3 is 14.2 Å². The largest absolute Gasteiger partial charge is 0.462 e. The van der Waals surface area contributed by atoms with E-state index in [2.05, 4.69) is 93.7 Å². The monoisotopic (exact) mass is 1060 g/mol. The molecule has 0 spiro atoms. The highest BCUT2D eigenvalue weighted by molar-refractivity contribution is 5.71. The highest BCUT2D eigenvalue weighted by Crippen LogP contribution is 2.16. The fourth-order valence-electron chi connectivity index (χ4n) is 9.48. The lowest BCUT2D eigenvalue weighted by Gasteiger charge is -2.18. The maximum Gasteiger partial charge on any atom is 0.306 e. The van der Waals surface area contributed by atoms with E-state index in [1.807, 2.05) is 0 Å². The molecule has 0 bridgehead atoms. The van der Waals surface area contributed by atoms with Gasteiger partial charge in [0, 0.05) is 19.3 Å². The smallest absolute Gasteiger partial charge is 0.306 e. The van der Waals surface area contributed by atoms with Gasteiger partial charge in [0.2, 0.25) is 0 Å². The minimum Gasteiger partial charge on any atom is -0.462 e. The Morgan fingerprint density at radius 2 is 0.513 bits per heavy atom. The quantitative estimate of drug-likeness (QED) is 0.0261. The maximum absolute atomic E-state index is 12.9. The summed E-state index contributed by atoms with van der Waals surface area (Å²) in [4.78, 5) is 38.4. The number of ether oxygens (including phenoxy) is 3. The molecule has 6 heteroatoms. The fraction of sp³-hybridized carbons (Fsp3) is 0.786. The molecular formula is C70H124O6. The van der Waals surface area contributed by atoms with Crippen molar-refractivity contribution in [2.24, 2.45) is 0 Å². The lowest BCUT2D eigenvalue weighted by atomic mass is 10.1. The number of esters is 3. The molecule has 6 nitrogen and oxygen atoms in total. The van der Waals surface area contributed by atoms with Gasteiger partial charge in [0.05, 0.1) is 0 Å². The number of rotatable bonds is 60.